The fraction of sp³-hybridized carbons (Fsp3) is 0.581. The number of fused-ring (bicyclic) bond motifs is 1. The molecule has 0 atom stereocenters. The van der Waals surface area contributed by atoms with Crippen molar-refractivity contribution in [1.82, 2.24) is 14.6 Å². The average Bonchev–Trinajstić information content (AvgIpc) is 3.35. The normalized spacial score (nSPS) is 12.2. The Kier molecular flexibility index (Phi) is 11.7. The van der Waals surface area contributed by atoms with Gasteiger partial charge in [0, 0.05) is 18.2 Å². The van der Waals surface area contributed by atoms with Crippen LogP contribution in [0.3, 0.4) is 0 Å². The van der Waals surface area contributed by atoms with Gasteiger partial charge in [-0.1, -0.05) is 78.3 Å². The van der Waals surface area contributed by atoms with Crippen molar-refractivity contribution >= 4 is 31.7 Å². The van der Waals surface area contributed by atoms with Gasteiger partial charge in [0.05, 0.1) is 39.2 Å². The minimum atomic E-state index is -1.78. The number of unbranched alkanes of at least 4 members (excludes halogenated alkanes) is 1. The van der Waals surface area contributed by atoms with Gasteiger partial charge in [-0.3, -0.25) is 4.90 Å². The Morgan fingerprint density at radius 1 is 1.10 bits per heavy atom. The molecule has 0 fully saturated rings. The van der Waals surface area contributed by atoms with Crippen LogP contribution in [-0.4, -0.2) is 62.0 Å². The molecular weight excluding hydrogens is 534 g/mol. The van der Waals surface area contributed by atoms with Crippen LogP contribution in [0.5, 0.6) is 0 Å². The Bertz CT molecular complexity index is 1240. The third-order valence-electron chi connectivity index (χ3n) is 7.56. The molecule has 0 unspecified atom stereocenters. The number of carbonyl (C=O) groups is 1. The molecule has 3 rings (SSSR count). The number of amides is 1. The van der Waals surface area contributed by atoms with Crippen LogP contribution in [0.1, 0.15) is 71.4 Å². The molecule has 1 aromatic carbocycles. The summed E-state index contributed by atoms with van der Waals surface area (Å²) in [6, 6.07) is 11.7. The van der Waals surface area contributed by atoms with E-state index in [0.29, 0.717) is 56.8 Å². The summed E-state index contributed by atoms with van der Waals surface area (Å²) in [5.74, 6) is 1.46. The lowest BCUT2D eigenvalue weighted by atomic mass is 10.1. The SMILES string of the molecule is CCCCOC(=O)N(Cc1ccccc1)c1cc(NCCOCCO[Si](C)(C)C(C)(C)C)nc2c(C(C)C)cnn12. The molecule has 9 nitrogen and oxygen atoms in total. The number of ether oxygens (including phenoxy) is 2. The van der Waals surface area contributed by atoms with Gasteiger partial charge in [0.15, 0.2) is 14.0 Å². The third kappa shape index (κ3) is 9.01. The number of rotatable bonds is 15. The first-order valence-electron chi connectivity index (χ1n) is 14.8. The molecule has 0 radical (unpaired) electrons. The highest BCUT2D eigenvalue weighted by Crippen LogP contribution is 2.36. The number of aromatic nitrogens is 3. The first-order valence-corrected chi connectivity index (χ1v) is 17.7. The molecular formula is C31H49N5O4Si. The first-order chi connectivity index (χ1) is 19.4. The molecule has 0 spiro atoms. The van der Waals surface area contributed by atoms with Crippen LogP contribution in [0, 0.1) is 0 Å². The van der Waals surface area contributed by atoms with E-state index in [0.717, 1.165) is 24.0 Å². The van der Waals surface area contributed by atoms with E-state index in [1.165, 1.54) is 0 Å². The number of hydrogen-bond acceptors (Lipinski definition) is 7. The summed E-state index contributed by atoms with van der Waals surface area (Å²) in [7, 11) is -1.78. The van der Waals surface area contributed by atoms with Crippen LogP contribution in [0.15, 0.2) is 42.6 Å². The second-order valence-corrected chi connectivity index (χ2v) is 17.0. The van der Waals surface area contributed by atoms with E-state index in [9.17, 15) is 4.79 Å². The molecule has 41 heavy (non-hydrogen) atoms. The summed E-state index contributed by atoms with van der Waals surface area (Å²) >= 11 is 0. The minimum absolute atomic E-state index is 0.176. The topological polar surface area (TPSA) is 90.2 Å². The molecule has 2 heterocycles. The zero-order valence-corrected chi connectivity index (χ0v) is 27.2. The van der Waals surface area contributed by atoms with Gasteiger partial charge in [0.25, 0.3) is 0 Å². The molecule has 1 N–H and O–H groups in total. The maximum absolute atomic E-state index is 13.4. The summed E-state index contributed by atoms with van der Waals surface area (Å²) in [6.45, 7) is 20.4. The van der Waals surface area contributed by atoms with Gasteiger partial charge in [-0.2, -0.15) is 9.61 Å². The maximum atomic E-state index is 13.4. The lowest BCUT2D eigenvalue weighted by Crippen LogP contribution is -2.41. The van der Waals surface area contributed by atoms with Crippen LogP contribution < -0.4 is 10.2 Å². The van der Waals surface area contributed by atoms with Gasteiger partial charge in [0.2, 0.25) is 0 Å². The second-order valence-electron chi connectivity index (χ2n) is 12.2. The van der Waals surface area contributed by atoms with Crippen LogP contribution in [0.2, 0.25) is 18.1 Å². The fourth-order valence-electron chi connectivity index (χ4n) is 3.97. The lowest BCUT2D eigenvalue weighted by Gasteiger charge is -2.36. The van der Waals surface area contributed by atoms with Crippen molar-refractivity contribution in [1.29, 1.82) is 0 Å². The Balaban J connectivity index is 1.78. The second kappa shape index (κ2) is 14.8. The Morgan fingerprint density at radius 3 is 2.49 bits per heavy atom. The lowest BCUT2D eigenvalue weighted by molar-refractivity contribution is 0.102. The predicted molar refractivity (Wildman–Crippen MR) is 168 cm³/mol. The molecule has 1 amide bonds. The fourth-order valence-corrected chi connectivity index (χ4v) is 4.99. The smallest absolute Gasteiger partial charge is 0.415 e. The van der Waals surface area contributed by atoms with E-state index in [4.69, 9.17) is 18.9 Å². The van der Waals surface area contributed by atoms with Crippen molar-refractivity contribution < 1.29 is 18.7 Å². The van der Waals surface area contributed by atoms with Gasteiger partial charge >= 0.3 is 6.09 Å². The molecule has 3 aromatic rings. The minimum Gasteiger partial charge on any atom is -0.449 e. The van der Waals surface area contributed by atoms with Crippen LogP contribution in [-0.2, 0) is 20.4 Å². The van der Waals surface area contributed by atoms with Crippen molar-refractivity contribution in [3.63, 3.8) is 0 Å². The predicted octanol–water partition coefficient (Wildman–Crippen LogP) is 7.25. The number of hydrogen-bond donors (Lipinski definition) is 1. The molecule has 2 aromatic heterocycles. The number of carbonyl (C=O) groups excluding carboxylic acids is 1. The highest BCUT2D eigenvalue weighted by Gasteiger charge is 2.36. The highest BCUT2D eigenvalue weighted by molar-refractivity contribution is 6.74. The van der Waals surface area contributed by atoms with Crippen molar-refractivity contribution in [3.05, 3.63) is 53.7 Å². The van der Waals surface area contributed by atoms with Gasteiger partial charge in [-0.25, -0.2) is 9.78 Å². The number of anilines is 2. The summed E-state index contributed by atoms with van der Waals surface area (Å²) < 4.78 is 19.5. The van der Waals surface area contributed by atoms with E-state index >= 15 is 0 Å². The van der Waals surface area contributed by atoms with E-state index in [2.05, 4.69) is 65.1 Å². The van der Waals surface area contributed by atoms with E-state index in [1.807, 2.05) is 42.6 Å². The van der Waals surface area contributed by atoms with E-state index < -0.39 is 14.4 Å². The quantitative estimate of drug-likeness (QED) is 0.149. The Morgan fingerprint density at radius 2 is 1.83 bits per heavy atom. The largest absolute Gasteiger partial charge is 0.449 e. The van der Waals surface area contributed by atoms with Crippen molar-refractivity contribution in [2.24, 2.45) is 0 Å². The number of nitrogens with one attached hydrogen (secondary N) is 1. The van der Waals surface area contributed by atoms with Crippen molar-refractivity contribution in [2.45, 2.75) is 85.0 Å². The van der Waals surface area contributed by atoms with Crippen LogP contribution >= 0.6 is 0 Å². The number of nitrogens with zero attached hydrogens (tertiary/aromatic N) is 4. The standard InChI is InChI=1S/C31H49N5O4Si/c1-9-10-17-39-30(37)35(23-25-14-12-11-13-15-25)28-21-27(34-29-26(24(2)3)22-33-36(28)29)32-16-18-38-19-20-40-41(7,8)31(4,5)6/h11-15,21-22,24H,9-10,16-20,23H2,1-8H3,(H,32,34). The molecule has 0 aliphatic rings. The maximum Gasteiger partial charge on any atom is 0.415 e. The molecule has 0 aliphatic carbocycles. The summed E-state index contributed by atoms with van der Waals surface area (Å²) in [5, 5.41) is 8.19. The summed E-state index contributed by atoms with van der Waals surface area (Å²) in [5.41, 5.74) is 2.71. The van der Waals surface area contributed by atoms with Crippen LogP contribution in [0.4, 0.5) is 16.4 Å². The summed E-state index contributed by atoms with van der Waals surface area (Å²) in [6.07, 6.45) is 3.17. The van der Waals surface area contributed by atoms with Gasteiger partial charge < -0.3 is 19.2 Å². The first kappa shape index (κ1) is 32.6. The van der Waals surface area contributed by atoms with E-state index in [1.54, 1.807) is 9.42 Å². The van der Waals surface area contributed by atoms with Crippen molar-refractivity contribution in [3.8, 4) is 0 Å². The van der Waals surface area contributed by atoms with E-state index in [-0.39, 0.29) is 11.0 Å². The molecule has 10 heteroatoms. The molecule has 0 bridgehead atoms. The zero-order chi connectivity index (χ0) is 30.0. The van der Waals surface area contributed by atoms with Crippen LogP contribution in [0.25, 0.3) is 5.65 Å². The molecule has 226 valence electrons. The molecule has 0 saturated carbocycles. The zero-order valence-electron chi connectivity index (χ0n) is 26.2. The Hall–Kier alpha value is -2.95. The summed E-state index contributed by atoms with van der Waals surface area (Å²) in [4.78, 5) is 19.9. The average molecular weight is 584 g/mol. The monoisotopic (exact) mass is 583 g/mol. The van der Waals surface area contributed by atoms with Crippen molar-refractivity contribution in [2.75, 3.05) is 43.2 Å². The van der Waals surface area contributed by atoms with Gasteiger partial charge in [-0.15, -0.1) is 0 Å². The highest BCUT2D eigenvalue weighted by atomic mass is 28.4. The van der Waals surface area contributed by atoms with Gasteiger partial charge in [-0.05, 0) is 36.0 Å². The molecule has 0 aliphatic heterocycles. The Labute approximate surface area is 246 Å². The van der Waals surface area contributed by atoms with Gasteiger partial charge in [0.1, 0.15) is 11.6 Å². The third-order valence-corrected chi connectivity index (χ3v) is 12.1. The molecule has 0 saturated heterocycles. The number of benzene rings is 1.